The summed E-state index contributed by atoms with van der Waals surface area (Å²) in [5, 5.41) is 3.33. The predicted octanol–water partition coefficient (Wildman–Crippen LogP) is 1.88. The van der Waals surface area contributed by atoms with Crippen LogP contribution in [0.25, 0.3) is 0 Å². The van der Waals surface area contributed by atoms with E-state index >= 15 is 0 Å². The first kappa shape index (κ1) is 9.62. The number of ether oxygens (including phenoxy) is 1. The summed E-state index contributed by atoms with van der Waals surface area (Å²) < 4.78 is 18.3. The van der Waals surface area contributed by atoms with Crippen molar-refractivity contribution in [3.05, 3.63) is 35.6 Å². The predicted molar refractivity (Wildman–Crippen MR) is 52.6 cm³/mol. The summed E-state index contributed by atoms with van der Waals surface area (Å²) in [7, 11) is 0. The van der Waals surface area contributed by atoms with E-state index in [1.807, 2.05) is 0 Å². The largest absolute Gasteiger partial charge is 0.371 e. The van der Waals surface area contributed by atoms with Gasteiger partial charge >= 0.3 is 0 Å². The Balaban J connectivity index is 2.05. The van der Waals surface area contributed by atoms with E-state index < -0.39 is 0 Å². The van der Waals surface area contributed by atoms with Crippen LogP contribution in [0.3, 0.4) is 0 Å². The summed E-state index contributed by atoms with van der Waals surface area (Å²) in [4.78, 5) is 0. The van der Waals surface area contributed by atoms with E-state index in [1.165, 1.54) is 12.1 Å². The second-order valence-electron chi connectivity index (χ2n) is 3.68. The average Bonchev–Trinajstić information content (AvgIpc) is 2.21. The zero-order chi connectivity index (χ0) is 9.97. The Morgan fingerprint density at radius 2 is 2.07 bits per heavy atom. The molecule has 1 heterocycles. The molecule has 1 aliphatic rings. The fraction of sp³-hybridized carbons (Fsp3) is 0.455. The van der Waals surface area contributed by atoms with E-state index in [2.05, 4.69) is 12.2 Å². The summed E-state index contributed by atoms with van der Waals surface area (Å²) in [5.74, 6) is -0.203. The Morgan fingerprint density at radius 3 is 2.64 bits per heavy atom. The van der Waals surface area contributed by atoms with Crippen molar-refractivity contribution in [3.8, 4) is 0 Å². The molecular formula is C11H14FNO. The minimum atomic E-state index is -0.203. The van der Waals surface area contributed by atoms with Crippen molar-refractivity contribution in [2.75, 3.05) is 13.2 Å². The van der Waals surface area contributed by atoms with Gasteiger partial charge in [-0.05, 0) is 24.6 Å². The van der Waals surface area contributed by atoms with Crippen LogP contribution in [0.15, 0.2) is 24.3 Å². The van der Waals surface area contributed by atoms with Crippen molar-refractivity contribution in [2.45, 2.75) is 19.1 Å². The Kier molecular flexibility index (Phi) is 2.79. The van der Waals surface area contributed by atoms with Crippen LogP contribution in [-0.2, 0) is 4.74 Å². The molecular weight excluding hydrogens is 181 g/mol. The molecule has 1 aliphatic heterocycles. The van der Waals surface area contributed by atoms with Gasteiger partial charge in [0.1, 0.15) is 5.82 Å². The van der Waals surface area contributed by atoms with Gasteiger partial charge < -0.3 is 10.1 Å². The summed E-state index contributed by atoms with van der Waals surface area (Å²) in [5.41, 5.74) is 1.03. The van der Waals surface area contributed by atoms with Crippen molar-refractivity contribution in [2.24, 2.45) is 0 Å². The molecule has 2 rings (SSSR count). The third-order valence-electron chi connectivity index (χ3n) is 2.44. The number of hydrogen-bond acceptors (Lipinski definition) is 2. The zero-order valence-electron chi connectivity index (χ0n) is 8.16. The molecule has 1 N–H and O–H groups in total. The molecule has 1 aromatic carbocycles. The summed E-state index contributed by atoms with van der Waals surface area (Å²) in [6.07, 6.45) is 0.0619. The maximum atomic E-state index is 12.7. The molecule has 76 valence electrons. The Bertz CT molecular complexity index is 291. The van der Waals surface area contributed by atoms with Gasteiger partial charge in [-0.15, -0.1) is 0 Å². The van der Waals surface area contributed by atoms with Crippen molar-refractivity contribution in [3.63, 3.8) is 0 Å². The summed E-state index contributed by atoms with van der Waals surface area (Å²) in [6, 6.07) is 6.90. The van der Waals surface area contributed by atoms with Gasteiger partial charge in [-0.25, -0.2) is 4.39 Å². The van der Waals surface area contributed by atoms with Gasteiger partial charge in [-0.1, -0.05) is 12.1 Å². The maximum Gasteiger partial charge on any atom is 0.123 e. The van der Waals surface area contributed by atoms with Crippen LogP contribution < -0.4 is 5.32 Å². The third kappa shape index (κ3) is 2.11. The average molecular weight is 195 g/mol. The van der Waals surface area contributed by atoms with Crippen molar-refractivity contribution in [1.82, 2.24) is 5.32 Å². The lowest BCUT2D eigenvalue weighted by molar-refractivity contribution is 0.00692. The number of halogens is 1. The topological polar surface area (TPSA) is 21.3 Å². The highest BCUT2D eigenvalue weighted by molar-refractivity contribution is 5.19. The minimum absolute atomic E-state index is 0.0619. The molecule has 2 nitrogen and oxygen atoms in total. The first-order valence-electron chi connectivity index (χ1n) is 4.86. The molecule has 0 amide bonds. The molecule has 1 aromatic rings. The van der Waals surface area contributed by atoms with Gasteiger partial charge in [0.2, 0.25) is 0 Å². The van der Waals surface area contributed by atoms with Crippen LogP contribution in [0.1, 0.15) is 18.6 Å². The van der Waals surface area contributed by atoms with E-state index in [0.29, 0.717) is 12.6 Å². The van der Waals surface area contributed by atoms with E-state index in [1.54, 1.807) is 12.1 Å². The smallest absolute Gasteiger partial charge is 0.123 e. The monoisotopic (exact) mass is 195 g/mol. The van der Waals surface area contributed by atoms with Gasteiger partial charge in [0.05, 0.1) is 12.7 Å². The maximum absolute atomic E-state index is 12.7. The first-order valence-corrected chi connectivity index (χ1v) is 4.86. The van der Waals surface area contributed by atoms with Gasteiger partial charge in [0.15, 0.2) is 0 Å². The van der Waals surface area contributed by atoms with Gasteiger partial charge in [0.25, 0.3) is 0 Å². The molecule has 14 heavy (non-hydrogen) atoms. The quantitative estimate of drug-likeness (QED) is 0.738. The van der Waals surface area contributed by atoms with Crippen molar-refractivity contribution >= 4 is 0 Å². The van der Waals surface area contributed by atoms with Crippen LogP contribution in [-0.4, -0.2) is 19.2 Å². The van der Waals surface area contributed by atoms with E-state index in [-0.39, 0.29) is 11.9 Å². The molecule has 1 fully saturated rings. The first-order chi connectivity index (χ1) is 6.75. The second-order valence-corrected chi connectivity index (χ2v) is 3.68. The number of rotatable bonds is 1. The number of hydrogen-bond donors (Lipinski definition) is 1. The molecule has 0 radical (unpaired) electrons. The van der Waals surface area contributed by atoms with Gasteiger partial charge in [0, 0.05) is 12.6 Å². The highest BCUT2D eigenvalue weighted by Gasteiger charge is 2.19. The van der Waals surface area contributed by atoms with Crippen LogP contribution in [0, 0.1) is 5.82 Å². The fourth-order valence-corrected chi connectivity index (χ4v) is 1.58. The van der Waals surface area contributed by atoms with E-state index in [9.17, 15) is 4.39 Å². The number of benzene rings is 1. The van der Waals surface area contributed by atoms with Crippen LogP contribution in [0.4, 0.5) is 4.39 Å². The van der Waals surface area contributed by atoms with Crippen molar-refractivity contribution < 1.29 is 9.13 Å². The number of nitrogens with one attached hydrogen (secondary N) is 1. The molecule has 0 spiro atoms. The highest BCUT2D eigenvalue weighted by Crippen LogP contribution is 2.19. The van der Waals surface area contributed by atoms with Crippen LogP contribution in [0.5, 0.6) is 0 Å². The molecule has 1 saturated heterocycles. The Hall–Kier alpha value is -0.930. The van der Waals surface area contributed by atoms with E-state index in [4.69, 9.17) is 4.74 Å². The van der Waals surface area contributed by atoms with Crippen LogP contribution >= 0.6 is 0 Å². The highest BCUT2D eigenvalue weighted by atomic mass is 19.1. The fourth-order valence-electron chi connectivity index (χ4n) is 1.58. The minimum Gasteiger partial charge on any atom is -0.371 e. The molecule has 0 aliphatic carbocycles. The number of morpholine rings is 1. The second kappa shape index (κ2) is 4.07. The summed E-state index contributed by atoms with van der Waals surface area (Å²) in [6.45, 7) is 3.59. The SMILES string of the molecule is C[C@H]1CO[C@@H](c2ccc(F)cc2)CN1. The molecule has 0 unspecified atom stereocenters. The Labute approximate surface area is 83.1 Å². The molecule has 3 heteroatoms. The van der Waals surface area contributed by atoms with Crippen molar-refractivity contribution in [1.29, 1.82) is 0 Å². The van der Waals surface area contributed by atoms with Gasteiger partial charge in [-0.2, -0.15) is 0 Å². The lowest BCUT2D eigenvalue weighted by Gasteiger charge is -2.28. The summed E-state index contributed by atoms with van der Waals surface area (Å²) >= 11 is 0. The molecule has 0 saturated carbocycles. The molecule has 0 bridgehead atoms. The third-order valence-corrected chi connectivity index (χ3v) is 2.44. The standard InChI is InChI=1S/C11H14FNO/c1-8-7-14-11(6-13-8)9-2-4-10(12)5-3-9/h2-5,8,11,13H,6-7H2,1H3/t8-,11+/m0/s1. The van der Waals surface area contributed by atoms with Gasteiger partial charge in [-0.3, -0.25) is 0 Å². The lowest BCUT2D eigenvalue weighted by Crippen LogP contribution is -2.40. The molecule has 0 aromatic heterocycles. The van der Waals surface area contributed by atoms with E-state index in [0.717, 1.165) is 12.1 Å². The Morgan fingerprint density at radius 1 is 1.36 bits per heavy atom. The normalized spacial score (nSPS) is 27.6. The zero-order valence-corrected chi connectivity index (χ0v) is 8.16. The molecule has 2 atom stereocenters. The lowest BCUT2D eigenvalue weighted by atomic mass is 10.1. The van der Waals surface area contributed by atoms with Crippen LogP contribution in [0.2, 0.25) is 0 Å².